The Bertz CT molecular complexity index is 1000. The van der Waals surface area contributed by atoms with Crippen LogP contribution in [-0.2, 0) is 4.79 Å². The van der Waals surface area contributed by atoms with Crippen molar-refractivity contribution in [3.63, 3.8) is 0 Å². The van der Waals surface area contributed by atoms with Crippen LogP contribution in [0.1, 0.15) is 79.5 Å². The van der Waals surface area contributed by atoms with E-state index in [1.807, 2.05) is 42.5 Å². The van der Waals surface area contributed by atoms with Gasteiger partial charge in [-0.2, -0.15) is 0 Å². The Balaban J connectivity index is -0.000000436. The van der Waals surface area contributed by atoms with E-state index in [1.165, 1.54) is 34.6 Å². The van der Waals surface area contributed by atoms with Gasteiger partial charge in [0.25, 0.3) is 0 Å². The van der Waals surface area contributed by atoms with Crippen LogP contribution in [-0.4, -0.2) is 51.2 Å². The minimum atomic E-state index is -1.28. The van der Waals surface area contributed by atoms with Crippen LogP contribution in [0.3, 0.4) is 0 Å². The van der Waals surface area contributed by atoms with Crippen molar-refractivity contribution >= 4 is 24.1 Å². The van der Waals surface area contributed by atoms with E-state index in [0.717, 1.165) is 23.7 Å². The normalized spacial score (nSPS) is 8.95. The van der Waals surface area contributed by atoms with Crippen LogP contribution in [0.15, 0.2) is 103 Å². The van der Waals surface area contributed by atoms with Crippen LogP contribution in [0.5, 0.6) is 0 Å². The Morgan fingerprint density at radius 1 is 0.725 bits per heavy atom. The summed E-state index contributed by atoms with van der Waals surface area (Å²) in [6.07, 6.45) is 1.50. The smallest absolute Gasteiger partial charge is 0.193 e. The second kappa shape index (κ2) is 25.1. The first-order valence-corrected chi connectivity index (χ1v) is 12.4. The molecule has 3 rings (SSSR count). The molecule has 0 aliphatic rings. The Morgan fingerprint density at radius 3 is 1.12 bits per heavy atom. The number of hydrogen-bond donors (Lipinski definition) is 3. The second-order valence-corrected chi connectivity index (χ2v) is 9.05. The van der Waals surface area contributed by atoms with Crippen molar-refractivity contribution in [3.8, 4) is 0 Å². The number of hydrogen-bond acceptors (Lipinski definition) is 7. The number of carbonyl (C=O) groups is 4. The largest absolute Gasteiger partial charge is 0.513 e. The van der Waals surface area contributed by atoms with Gasteiger partial charge in [-0.25, -0.2) is 0 Å². The van der Waals surface area contributed by atoms with Crippen molar-refractivity contribution in [3.05, 3.63) is 120 Å². The average molecular weight is 553 g/mol. The standard InChI is InChI=1S/C10H12O2.2C7H6O.C3H8O.2C3H6O/c1-10(2,12)9(11)8-6-4-3-5-7-8;2*8-6-7-4-2-1-3-5-7;3*1-3(2)4/h3-7,12H,1-2H3;2*1-6H;3-4H,1-2H3;1-2H3;4H,1H2,2H3. The molecular weight excluding hydrogens is 508 g/mol. The molecule has 0 radical (unpaired) electrons. The molecule has 0 heterocycles. The molecule has 3 N–H and O–H groups in total. The van der Waals surface area contributed by atoms with E-state index in [2.05, 4.69) is 6.58 Å². The molecule has 0 amide bonds. The molecule has 3 aromatic rings. The maximum absolute atomic E-state index is 11.4. The van der Waals surface area contributed by atoms with E-state index in [-0.39, 0.29) is 23.4 Å². The lowest BCUT2D eigenvalue weighted by Crippen LogP contribution is -2.30. The summed E-state index contributed by atoms with van der Waals surface area (Å²) in [5.41, 5.74) is 0.728. The van der Waals surface area contributed by atoms with E-state index in [1.54, 1.807) is 62.4 Å². The maximum Gasteiger partial charge on any atom is 0.193 e. The lowest BCUT2D eigenvalue weighted by atomic mass is 9.97. The van der Waals surface area contributed by atoms with Gasteiger partial charge in [0.2, 0.25) is 0 Å². The fourth-order valence-electron chi connectivity index (χ4n) is 2.01. The number of carbonyl (C=O) groups excluding carboxylic acids is 4. The number of aliphatic hydroxyl groups is 3. The van der Waals surface area contributed by atoms with E-state index in [0.29, 0.717) is 5.56 Å². The molecule has 0 atom stereocenters. The van der Waals surface area contributed by atoms with E-state index in [4.69, 9.17) is 10.2 Å². The molecule has 0 aliphatic heterocycles. The predicted molar refractivity (Wildman–Crippen MR) is 162 cm³/mol. The third-order valence-corrected chi connectivity index (χ3v) is 3.46. The Morgan fingerprint density at radius 2 is 0.950 bits per heavy atom. The lowest BCUT2D eigenvalue weighted by molar-refractivity contribution is -0.115. The number of benzene rings is 3. The summed E-state index contributed by atoms with van der Waals surface area (Å²) in [6, 6.07) is 27.0. The molecule has 40 heavy (non-hydrogen) atoms. The third-order valence-electron chi connectivity index (χ3n) is 3.46. The van der Waals surface area contributed by atoms with Crippen LogP contribution in [0.2, 0.25) is 0 Å². The van der Waals surface area contributed by atoms with Crippen LogP contribution in [0.4, 0.5) is 0 Å². The van der Waals surface area contributed by atoms with Gasteiger partial charge in [-0.1, -0.05) is 97.6 Å². The third kappa shape index (κ3) is 31.8. The summed E-state index contributed by atoms with van der Waals surface area (Å²) in [5.74, 6) is 0.0862. The van der Waals surface area contributed by atoms with Crippen molar-refractivity contribution in [2.24, 2.45) is 0 Å². The monoisotopic (exact) mass is 552 g/mol. The van der Waals surface area contributed by atoms with Crippen LogP contribution in [0.25, 0.3) is 0 Å². The van der Waals surface area contributed by atoms with Gasteiger partial charge in [0.15, 0.2) is 5.78 Å². The van der Waals surface area contributed by atoms with Gasteiger partial charge in [0, 0.05) is 22.8 Å². The number of allylic oxidation sites excluding steroid dienone is 1. The van der Waals surface area contributed by atoms with Gasteiger partial charge in [-0.3, -0.25) is 14.4 Å². The fourth-order valence-corrected chi connectivity index (χ4v) is 2.01. The number of aliphatic hydroxyl groups excluding tert-OH is 2. The van der Waals surface area contributed by atoms with Crippen molar-refractivity contribution in [1.82, 2.24) is 0 Å². The summed E-state index contributed by atoms with van der Waals surface area (Å²) in [5, 5.41) is 25.3. The molecule has 0 saturated heterocycles. The van der Waals surface area contributed by atoms with E-state index < -0.39 is 5.60 Å². The first-order chi connectivity index (χ1) is 18.6. The fraction of sp³-hybridized carbons (Fsp3) is 0.273. The maximum atomic E-state index is 11.4. The first-order valence-electron chi connectivity index (χ1n) is 12.4. The highest BCUT2D eigenvalue weighted by atomic mass is 16.3. The molecule has 0 aliphatic carbocycles. The van der Waals surface area contributed by atoms with Gasteiger partial charge < -0.3 is 20.1 Å². The zero-order valence-electron chi connectivity index (χ0n) is 24.6. The predicted octanol–water partition coefficient (Wildman–Crippen LogP) is 6.70. The summed E-state index contributed by atoms with van der Waals surface area (Å²) >= 11 is 0. The quantitative estimate of drug-likeness (QED) is 0.187. The van der Waals surface area contributed by atoms with E-state index >= 15 is 0 Å². The molecule has 0 spiro atoms. The van der Waals surface area contributed by atoms with E-state index in [9.17, 15) is 24.3 Å². The zero-order valence-corrected chi connectivity index (χ0v) is 24.6. The zero-order chi connectivity index (χ0) is 31.6. The first kappa shape index (κ1) is 40.3. The number of aldehydes is 2. The highest BCUT2D eigenvalue weighted by molar-refractivity contribution is 6.01. The summed E-state index contributed by atoms with van der Waals surface area (Å²) in [4.78, 5) is 40.9. The molecule has 0 bridgehead atoms. The van der Waals surface area contributed by atoms with Gasteiger partial charge in [-0.15, -0.1) is 0 Å². The van der Waals surface area contributed by atoms with Gasteiger partial charge >= 0.3 is 0 Å². The Labute approximate surface area is 238 Å². The number of ketones is 2. The summed E-state index contributed by atoms with van der Waals surface area (Å²) < 4.78 is 0. The summed E-state index contributed by atoms with van der Waals surface area (Å²) in [7, 11) is 0. The molecule has 0 saturated carbocycles. The minimum absolute atomic E-state index is 0.167. The van der Waals surface area contributed by atoms with Crippen LogP contribution < -0.4 is 0 Å². The van der Waals surface area contributed by atoms with Crippen LogP contribution in [0, 0.1) is 0 Å². The molecular formula is C33H44O7. The molecule has 218 valence electrons. The Kier molecular flexibility index (Phi) is 25.3. The number of Topliss-reactive ketones (excluding diaryl/α,β-unsaturated/α-hetero) is 2. The molecule has 0 aromatic heterocycles. The highest BCUT2D eigenvalue weighted by Gasteiger charge is 2.24. The van der Waals surface area contributed by atoms with Crippen molar-refractivity contribution in [2.75, 3.05) is 0 Å². The average Bonchev–Trinajstić information content (AvgIpc) is 2.89. The SMILES string of the molecule is C=C(C)O.CC(C)(O)C(=O)c1ccccc1.CC(C)=O.CC(C)O.O=Cc1ccccc1.O=Cc1ccccc1. The Hall–Kier alpha value is -4.20. The molecule has 7 heteroatoms. The van der Waals surface area contributed by atoms with Gasteiger partial charge in [0.05, 0.1) is 5.76 Å². The second-order valence-electron chi connectivity index (χ2n) is 9.05. The highest BCUT2D eigenvalue weighted by Crippen LogP contribution is 2.11. The molecule has 0 fully saturated rings. The topological polar surface area (TPSA) is 129 Å². The molecule has 0 unspecified atom stereocenters. The van der Waals surface area contributed by atoms with Gasteiger partial charge in [0.1, 0.15) is 24.0 Å². The lowest BCUT2D eigenvalue weighted by Gasteiger charge is -2.14. The summed E-state index contributed by atoms with van der Waals surface area (Å²) in [6.45, 7) is 14.1. The molecule has 7 nitrogen and oxygen atoms in total. The number of rotatable bonds is 4. The van der Waals surface area contributed by atoms with Crippen molar-refractivity contribution in [2.45, 2.75) is 60.2 Å². The van der Waals surface area contributed by atoms with Crippen molar-refractivity contribution < 1.29 is 34.5 Å². The minimum Gasteiger partial charge on any atom is -0.513 e. The molecule has 3 aromatic carbocycles. The van der Waals surface area contributed by atoms with Crippen molar-refractivity contribution in [1.29, 1.82) is 0 Å². The van der Waals surface area contributed by atoms with Gasteiger partial charge in [-0.05, 0) is 48.5 Å². The van der Waals surface area contributed by atoms with Crippen LogP contribution >= 0.6 is 0 Å².